The molecular weight excluding hydrogens is 429 g/mol. The minimum Gasteiger partial charge on any atom is -0.467 e. The summed E-state index contributed by atoms with van der Waals surface area (Å²) in [7, 11) is 0. The second-order valence-electron chi connectivity index (χ2n) is 7.15. The van der Waals surface area contributed by atoms with Gasteiger partial charge in [-0.15, -0.1) is 0 Å². The Bertz CT molecular complexity index is 1020. The molecule has 0 saturated carbocycles. The van der Waals surface area contributed by atoms with Crippen molar-refractivity contribution >= 4 is 35.0 Å². The molecule has 2 amide bonds. The summed E-state index contributed by atoms with van der Waals surface area (Å²) in [4.78, 5) is 26.8. The van der Waals surface area contributed by atoms with E-state index in [0.29, 0.717) is 34.6 Å². The van der Waals surface area contributed by atoms with Crippen molar-refractivity contribution in [2.75, 3.05) is 6.54 Å². The quantitative estimate of drug-likeness (QED) is 0.533. The van der Waals surface area contributed by atoms with Crippen LogP contribution in [0, 0.1) is 5.92 Å². The fraction of sp³-hybridized carbons (Fsp3) is 0.286. The molecule has 1 N–H and O–H groups in total. The van der Waals surface area contributed by atoms with Crippen LogP contribution in [0.1, 0.15) is 46.2 Å². The number of halogens is 2. The smallest absolute Gasteiger partial charge is 0.273 e. The SMILES string of the molecule is CC(C)CNC(=O)c1cc(CN(Cc2ccco2)C(=O)c2ccc(Cl)cc2Cl)on1. The Labute approximate surface area is 183 Å². The minimum absolute atomic E-state index is 0.0724. The number of benzene rings is 1. The lowest BCUT2D eigenvalue weighted by Gasteiger charge is -2.21. The highest BCUT2D eigenvalue weighted by Gasteiger charge is 2.23. The Morgan fingerprint density at radius 3 is 2.57 bits per heavy atom. The molecule has 0 saturated heterocycles. The van der Waals surface area contributed by atoms with E-state index in [-0.39, 0.29) is 35.6 Å². The molecule has 158 valence electrons. The average molecular weight is 450 g/mol. The van der Waals surface area contributed by atoms with Crippen LogP contribution in [-0.4, -0.2) is 28.4 Å². The van der Waals surface area contributed by atoms with Gasteiger partial charge in [0.25, 0.3) is 11.8 Å². The van der Waals surface area contributed by atoms with Crippen LogP contribution < -0.4 is 5.32 Å². The third-order valence-electron chi connectivity index (χ3n) is 4.18. The molecule has 0 aliphatic rings. The van der Waals surface area contributed by atoms with Crippen LogP contribution in [0.3, 0.4) is 0 Å². The van der Waals surface area contributed by atoms with Crippen LogP contribution in [0.4, 0.5) is 0 Å². The monoisotopic (exact) mass is 449 g/mol. The highest BCUT2D eigenvalue weighted by atomic mass is 35.5. The maximum absolute atomic E-state index is 13.1. The number of furan rings is 1. The van der Waals surface area contributed by atoms with Gasteiger partial charge >= 0.3 is 0 Å². The van der Waals surface area contributed by atoms with E-state index in [1.54, 1.807) is 24.3 Å². The Morgan fingerprint density at radius 1 is 1.13 bits per heavy atom. The molecule has 0 bridgehead atoms. The minimum atomic E-state index is -0.338. The van der Waals surface area contributed by atoms with E-state index in [1.807, 2.05) is 13.8 Å². The fourth-order valence-corrected chi connectivity index (χ4v) is 3.18. The van der Waals surface area contributed by atoms with Crippen molar-refractivity contribution < 1.29 is 18.5 Å². The van der Waals surface area contributed by atoms with Gasteiger partial charge in [0.2, 0.25) is 0 Å². The van der Waals surface area contributed by atoms with Gasteiger partial charge in [0.15, 0.2) is 11.5 Å². The van der Waals surface area contributed by atoms with Gasteiger partial charge in [-0.3, -0.25) is 9.59 Å². The molecule has 1 aromatic carbocycles. The third kappa shape index (κ3) is 5.64. The molecule has 0 atom stereocenters. The van der Waals surface area contributed by atoms with Gasteiger partial charge in [-0.25, -0.2) is 0 Å². The van der Waals surface area contributed by atoms with Crippen molar-refractivity contribution in [3.8, 4) is 0 Å². The van der Waals surface area contributed by atoms with Crippen LogP contribution in [0.5, 0.6) is 0 Å². The number of hydrogen-bond acceptors (Lipinski definition) is 5. The molecule has 2 heterocycles. The summed E-state index contributed by atoms with van der Waals surface area (Å²) in [6.45, 7) is 4.77. The molecule has 0 unspecified atom stereocenters. The molecule has 3 aromatic rings. The van der Waals surface area contributed by atoms with Gasteiger partial charge < -0.3 is 19.2 Å². The highest BCUT2D eigenvalue weighted by Crippen LogP contribution is 2.24. The van der Waals surface area contributed by atoms with Gasteiger partial charge in [0.05, 0.1) is 29.9 Å². The maximum Gasteiger partial charge on any atom is 0.273 e. The Kier molecular flexibility index (Phi) is 7.18. The molecule has 3 rings (SSSR count). The van der Waals surface area contributed by atoms with Crippen molar-refractivity contribution in [3.63, 3.8) is 0 Å². The Balaban J connectivity index is 1.79. The zero-order chi connectivity index (χ0) is 21.7. The number of carbonyl (C=O) groups is 2. The summed E-state index contributed by atoms with van der Waals surface area (Å²) in [5.74, 6) is 0.585. The summed E-state index contributed by atoms with van der Waals surface area (Å²) >= 11 is 12.2. The first-order valence-corrected chi connectivity index (χ1v) is 10.1. The molecule has 2 aromatic heterocycles. The molecule has 0 aliphatic carbocycles. The predicted molar refractivity (Wildman–Crippen MR) is 112 cm³/mol. The molecular formula is C21H21Cl2N3O4. The van der Waals surface area contributed by atoms with Crippen molar-refractivity contribution in [2.45, 2.75) is 26.9 Å². The predicted octanol–water partition coefficient (Wildman–Crippen LogP) is 4.80. The van der Waals surface area contributed by atoms with Crippen LogP contribution >= 0.6 is 23.2 Å². The Hall–Kier alpha value is -2.77. The van der Waals surface area contributed by atoms with Crippen LogP contribution in [-0.2, 0) is 13.1 Å². The summed E-state index contributed by atoms with van der Waals surface area (Å²) in [5.41, 5.74) is 0.447. The van der Waals surface area contributed by atoms with E-state index in [2.05, 4.69) is 10.5 Å². The first kappa shape index (κ1) is 21.9. The zero-order valence-electron chi connectivity index (χ0n) is 16.5. The number of rotatable bonds is 8. The molecule has 7 nitrogen and oxygen atoms in total. The van der Waals surface area contributed by atoms with E-state index < -0.39 is 0 Å². The summed E-state index contributed by atoms with van der Waals surface area (Å²) in [5, 5.41) is 7.26. The van der Waals surface area contributed by atoms with E-state index in [0.717, 1.165) is 0 Å². The fourth-order valence-electron chi connectivity index (χ4n) is 2.69. The first-order chi connectivity index (χ1) is 14.3. The molecule has 0 radical (unpaired) electrons. The topological polar surface area (TPSA) is 88.6 Å². The first-order valence-electron chi connectivity index (χ1n) is 9.34. The zero-order valence-corrected chi connectivity index (χ0v) is 18.0. The van der Waals surface area contributed by atoms with Gasteiger partial charge in [-0.2, -0.15) is 0 Å². The highest BCUT2D eigenvalue weighted by molar-refractivity contribution is 6.36. The van der Waals surface area contributed by atoms with Gasteiger partial charge in [0, 0.05) is 17.6 Å². The lowest BCUT2D eigenvalue weighted by atomic mass is 10.2. The third-order valence-corrected chi connectivity index (χ3v) is 4.73. The molecule has 0 fully saturated rings. The van der Waals surface area contributed by atoms with E-state index in [1.165, 1.54) is 23.3 Å². The standard InChI is InChI=1S/C21H21Cl2N3O4/c1-13(2)10-24-20(27)19-9-16(30-25-19)12-26(11-15-4-3-7-29-15)21(28)17-6-5-14(22)8-18(17)23/h3-9,13H,10-12H2,1-2H3,(H,24,27). The van der Waals surface area contributed by atoms with Crippen LogP contribution in [0.15, 0.2) is 51.6 Å². The number of amides is 2. The summed E-state index contributed by atoms with van der Waals surface area (Å²) in [6.07, 6.45) is 1.53. The van der Waals surface area contributed by atoms with Gasteiger partial charge in [-0.05, 0) is 36.2 Å². The van der Waals surface area contributed by atoms with Crippen molar-refractivity contribution in [1.29, 1.82) is 0 Å². The summed E-state index contributed by atoms with van der Waals surface area (Å²) < 4.78 is 10.7. The van der Waals surface area contributed by atoms with Gasteiger partial charge in [0.1, 0.15) is 5.76 Å². The number of carbonyl (C=O) groups excluding carboxylic acids is 2. The lowest BCUT2D eigenvalue weighted by Crippen LogP contribution is -2.30. The normalized spacial score (nSPS) is 11.0. The van der Waals surface area contributed by atoms with Crippen LogP contribution in [0.2, 0.25) is 10.0 Å². The van der Waals surface area contributed by atoms with Crippen molar-refractivity contribution in [2.24, 2.45) is 5.92 Å². The van der Waals surface area contributed by atoms with E-state index in [4.69, 9.17) is 32.1 Å². The average Bonchev–Trinajstić information content (AvgIpc) is 3.37. The second-order valence-corrected chi connectivity index (χ2v) is 7.99. The number of hydrogen-bond donors (Lipinski definition) is 1. The van der Waals surface area contributed by atoms with Crippen molar-refractivity contribution in [3.05, 3.63) is 75.5 Å². The number of aromatic nitrogens is 1. The molecule has 30 heavy (non-hydrogen) atoms. The lowest BCUT2D eigenvalue weighted by molar-refractivity contribution is 0.0700. The van der Waals surface area contributed by atoms with E-state index in [9.17, 15) is 9.59 Å². The van der Waals surface area contributed by atoms with Crippen molar-refractivity contribution in [1.82, 2.24) is 15.4 Å². The second kappa shape index (κ2) is 9.82. The number of nitrogens with zero attached hydrogens (tertiary/aromatic N) is 2. The molecule has 0 spiro atoms. The van der Waals surface area contributed by atoms with E-state index >= 15 is 0 Å². The molecule has 9 heteroatoms. The molecule has 0 aliphatic heterocycles. The summed E-state index contributed by atoms with van der Waals surface area (Å²) in [6, 6.07) is 9.67. The van der Waals surface area contributed by atoms with Gasteiger partial charge in [-0.1, -0.05) is 42.2 Å². The van der Waals surface area contributed by atoms with Crippen LogP contribution in [0.25, 0.3) is 0 Å². The largest absolute Gasteiger partial charge is 0.467 e. The number of nitrogens with one attached hydrogen (secondary N) is 1. The maximum atomic E-state index is 13.1. The Morgan fingerprint density at radius 2 is 1.90 bits per heavy atom.